The van der Waals surface area contributed by atoms with E-state index in [1.807, 2.05) is 24.3 Å². The molecule has 1 heterocycles. The third-order valence-corrected chi connectivity index (χ3v) is 3.60. The van der Waals surface area contributed by atoms with Crippen molar-refractivity contribution in [1.29, 1.82) is 0 Å². The molecule has 3 rings (SSSR count). The lowest BCUT2D eigenvalue weighted by Gasteiger charge is -2.16. The summed E-state index contributed by atoms with van der Waals surface area (Å²) in [5.74, 6) is -0.439. The molecular formula is C18H18N2O2. The highest BCUT2D eigenvalue weighted by molar-refractivity contribution is 6.21. The number of nitrogens with zero attached hydrogens (tertiary/aromatic N) is 1. The Kier molecular flexibility index (Phi) is 3.67. The van der Waals surface area contributed by atoms with E-state index in [-0.39, 0.29) is 11.8 Å². The highest BCUT2D eigenvalue weighted by Gasteiger charge is 2.34. The number of benzene rings is 2. The van der Waals surface area contributed by atoms with Crippen molar-refractivity contribution in [3.63, 3.8) is 0 Å². The number of carbonyl (C=O) groups excluding carboxylic acids is 2. The van der Waals surface area contributed by atoms with Crippen molar-refractivity contribution >= 4 is 17.5 Å². The third kappa shape index (κ3) is 2.60. The van der Waals surface area contributed by atoms with Crippen LogP contribution in [0.1, 0.15) is 40.1 Å². The topological polar surface area (TPSA) is 49.4 Å². The zero-order chi connectivity index (χ0) is 15.7. The smallest absolute Gasteiger partial charge is 0.261 e. The maximum absolute atomic E-state index is 12.4. The molecule has 112 valence electrons. The predicted octanol–water partition coefficient (Wildman–Crippen LogP) is 3.30. The van der Waals surface area contributed by atoms with E-state index < -0.39 is 0 Å². The van der Waals surface area contributed by atoms with Crippen LogP contribution in [0.5, 0.6) is 0 Å². The Bertz CT molecular complexity index is 702. The molecule has 0 bridgehead atoms. The highest BCUT2D eigenvalue weighted by Crippen LogP contribution is 2.24. The third-order valence-electron chi connectivity index (χ3n) is 3.60. The van der Waals surface area contributed by atoms with Crippen LogP contribution in [0.2, 0.25) is 0 Å². The quantitative estimate of drug-likeness (QED) is 0.880. The largest absolute Gasteiger partial charge is 0.383 e. The number of hydrogen-bond acceptors (Lipinski definition) is 3. The molecule has 2 aromatic rings. The van der Waals surface area contributed by atoms with E-state index in [0.717, 1.165) is 11.3 Å². The number of fused-ring (bicyclic) bond motifs is 1. The van der Waals surface area contributed by atoms with Crippen LogP contribution in [0, 0.1) is 0 Å². The van der Waals surface area contributed by atoms with E-state index in [1.54, 1.807) is 24.3 Å². The first-order valence-corrected chi connectivity index (χ1v) is 7.37. The van der Waals surface area contributed by atoms with E-state index in [9.17, 15) is 9.59 Å². The lowest BCUT2D eigenvalue weighted by atomic mass is 10.1. The maximum atomic E-state index is 12.4. The number of hydrogen-bond donors (Lipinski definition) is 1. The number of imide groups is 1. The molecule has 2 aromatic carbocycles. The van der Waals surface area contributed by atoms with E-state index in [0.29, 0.717) is 23.7 Å². The molecule has 2 amide bonds. The fourth-order valence-corrected chi connectivity index (χ4v) is 2.66. The zero-order valence-electron chi connectivity index (χ0n) is 12.7. The summed E-state index contributed by atoms with van der Waals surface area (Å²) < 4.78 is 0. The van der Waals surface area contributed by atoms with Gasteiger partial charge in [-0.2, -0.15) is 0 Å². The van der Waals surface area contributed by atoms with Gasteiger partial charge in [0.1, 0.15) is 0 Å². The van der Waals surface area contributed by atoms with Gasteiger partial charge in [-0.1, -0.05) is 24.3 Å². The van der Waals surface area contributed by atoms with Crippen molar-refractivity contribution in [3.8, 4) is 0 Å². The van der Waals surface area contributed by atoms with Gasteiger partial charge in [0, 0.05) is 11.7 Å². The average molecular weight is 294 g/mol. The van der Waals surface area contributed by atoms with E-state index in [2.05, 4.69) is 19.2 Å². The number of nitrogens with one attached hydrogen (secondary N) is 1. The number of carbonyl (C=O) groups is 2. The molecule has 0 aliphatic carbocycles. The fraction of sp³-hybridized carbons (Fsp3) is 0.222. The summed E-state index contributed by atoms with van der Waals surface area (Å²) in [6, 6.07) is 15.1. The van der Waals surface area contributed by atoms with Crippen molar-refractivity contribution in [2.24, 2.45) is 0 Å². The highest BCUT2D eigenvalue weighted by atomic mass is 16.2. The van der Waals surface area contributed by atoms with Gasteiger partial charge in [-0.15, -0.1) is 0 Å². The minimum atomic E-state index is -0.220. The van der Waals surface area contributed by atoms with Crippen LogP contribution in [0.4, 0.5) is 5.69 Å². The fourth-order valence-electron chi connectivity index (χ4n) is 2.66. The minimum Gasteiger partial charge on any atom is -0.383 e. The number of rotatable bonds is 4. The Labute approximate surface area is 129 Å². The summed E-state index contributed by atoms with van der Waals surface area (Å²) in [5.41, 5.74) is 2.90. The molecule has 0 fully saturated rings. The van der Waals surface area contributed by atoms with Gasteiger partial charge in [0.05, 0.1) is 17.7 Å². The molecule has 0 radical (unpaired) electrons. The van der Waals surface area contributed by atoms with Crippen molar-refractivity contribution < 1.29 is 9.59 Å². The molecule has 4 heteroatoms. The SMILES string of the molecule is CC(C)Nc1cccc(CN2C(=O)c3ccccc3C2=O)c1. The predicted molar refractivity (Wildman–Crippen MR) is 85.8 cm³/mol. The first-order valence-electron chi connectivity index (χ1n) is 7.37. The van der Waals surface area contributed by atoms with Gasteiger partial charge in [-0.25, -0.2) is 0 Å². The molecule has 0 saturated carbocycles. The summed E-state index contributed by atoms with van der Waals surface area (Å²) in [7, 11) is 0. The van der Waals surface area contributed by atoms with Crippen molar-refractivity contribution in [3.05, 3.63) is 65.2 Å². The second kappa shape index (κ2) is 5.64. The number of amides is 2. The van der Waals surface area contributed by atoms with Crippen LogP contribution >= 0.6 is 0 Å². The van der Waals surface area contributed by atoms with E-state index in [1.165, 1.54) is 4.90 Å². The monoisotopic (exact) mass is 294 g/mol. The van der Waals surface area contributed by atoms with Crippen LogP contribution in [-0.2, 0) is 6.54 Å². The first kappa shape index (κ1) is 14.3. The molecule has 4 nitrogen and oxygen atoms in total. The van der Waals surface area contributed by atoms with Gasteiger partial charge >= 0.3 is 0 Å². The summed E-state index contributed by atoms with van der Waals surface area (Å²) in [4.78, 5) is 26.0. The molecular weight excluding hydrogens is 276 g/mol. The Morgan fingerprint density at radius 3 is 2.18 bits per heavy atom. The van der Waals surface area contributed by atoms with E-state index >= 15 is 0 Å². The Hall–Kier alpha value is -2.62. The maximum Gasteiger partial charge on any atom is 0.261 e. The molecule has 1 aliphatic heterocycles. The molecule has 0 unspecified atom stereocenters. The number of anilines is 1. The summed E-state index contributed by atoms with van der Waals surface area (Å²) in [6.45, 7) is 4.42. The van der Waals surface area contributed by atoms with Crippen molar-refractivity contribution in [1.82, 2.24) is 4.90 Å². The molecule has 1 aliphatic rings. The van der Waals surface area contributed by atoms with Crippen LogP contribution < -0.4 is 5.32 Å². The first-order chi connectivity index (χ1) is 10.6. The standard InChI is InChI=1S/C18H18N2O2/c1-12(2)19-14-7-5-6-13(10-14)11-20-17(21)15-8-3-4-9-16(15)18(20)22/h3-10,12,19H,11H2,1-2H3. The van der Waals surface area contributed by atoms with Crippen molar-refractivity contribution in [2.75, 3.05) is 5.32 Å². The lowest BCUT2D eigenvalue weighted by Crippen LogP contribution is -2.29. The van der Waals surface area contributed by atoms with Gasteiger partial charge in [0.15, 0.2) is 0 Å². The van der Waals surface area contributed by atoms with Gasteiger partial charge in [-0.05, 0) is 43.7 Å². The molecule has 0 spiro atoms. The summed E-state index contributed by atoms with van der Waals surface area (Å²) in [5, 5.41) is 3.32. The van der Waals surface area contributed by atoms with Gasteiger partial charge in [0.2, 0.25) is 0 Å². The molecule has 0 atom stereocenters. The zero-order valence-corrected chi connectivity index (χ0v) is 12.7. The van der Waals surface area contributed by atoms with Crippen LogP contribution in [0.25, 0.3) is 0 Å². The molecule has 0 saturated heterocycles. The van der Waals surface area contributed by atoms with Gasteiger partial charge in [-0.3, -0.25) is 14.5 Å². The van der Waals surface area contributed by atoms with Crippen molar-refractivity contribution in [2.45, 2.75) is 26.4 Å². The second-order valence-electron chi connectivity index (χ2n) is 5.74. The van der Waals surface area contributed by atoms with Gasteiger partial charge < -0.3 is 5.32 Å². The normalized spacial score (nSPS) is 13.7. The molecule has 0 aromatic heterocycles. The van der Waals surface area contributed by atoms with E-state index in [4.69, 9.17) is 0 Å². The summed E-state index contributed by atoms with van der Waals surface area (Å²) >= 11 is 0. The van der Waals surface area contributed by atoms with Crippen LogP contribution in [0.15, 0.2) is 48.5 Å². The summed E-state index contributed by atoms with van der Waals surface area (Å²) in [6.07, 6.45) is 0. The minimum absolute atomic E-state index is 0.220. The Morgan fingerprint density at radius 1 is 0.955 bits per heavy atom. The second-order valence-corrected chi connectivity index (χ2v) is 5.74. The van der Waals surface area contributed by atoms with Crippen LogP contribution in [0.3, 0.4) is 0 Å². The average Bonchev–Trinajstić information content (AvgIpc) is 2.73. The Morgan fingerprint density at radius 2 is 1.59 bits per heavy atom. The Balaban J connectivity index is 1.83. The molecule has 1 N–H and O–H groups in total. The molecule has 22 heavy (non-hydrogen) atoms. The van der Waals surface area contributed by atoms with Crippen LogP contribution in [-0.4, -0.2) is 22.8 Å². The lowest BCUT2D eigenvalue weighted by molar-refractivity contribution is 0.0642. The van der Waals surface area contributed by atoms with Gasteiger partial charge in [0.25, 0.3) is 11.8 Å².